The molecule has 2 rings (SSSR count). The van der Waals surface area contributed by atoms with Crippen LogP contribution in [0.2, 0.25) is 0 Å². The van der Waals surface area contributed by atoms with E-state index < -0.39 is 23.3 Å². The number of para-hydroxylation sites is 1. The molecule has 2 nitrogen and oxygen atoms in total. The quantitative estimate of drug-likeness (QED) is 0.581. The first-order chi connectivity index (χ1) is 10.5. The van der Waals surface area contributed by atoms with Gasteiger partial charge in [-0.15, -0.1) is 0 Å². The summed E-state index contributed by atoms with van der Waals surface area (Å²) in [6, 6.07) is 13.0. The van der Waals surface area contributed by atoms with E-state index >= 15 is 0 Å². The van der Waals surface area contributed by atoms with Gasteiger partial charge >= 0.3 is 69.8 Å². The first-order valence-electron chi connectivity index (χ1n) is 7.62. The number of halogens is 1. The molecule has 4 heteroatoms. The van der Waals surface area contributed by atoms with Crippen molar-refractivity contribution in [3.8, 4) is 11.5 Å². The van der Waals surface area contributed by atoms with Gasteiger partial charge < -0.3 is 5.11 Å². The monoisotopic (exact) mass is 508 g/mol. The van der Waals surface area contributed by atoms with Crippen molar-refractivity contribution in [3.63, 3.8) is 0 Å². The zero-order valence-electron chi connectivity index (χ0n) is 13.5. The van der Waals surface area contributed by atoms with Gasteiger partial charge in [-0.2, -0.15) is 0 Å². The molecule has 0 fully saturated rings. The van der Waals surface area contributed by atoms with Crippen LogP contribution in [0.3, 0.4) is 0 Å². The Bertz CT molecular complexity index is 567. The Balaban J connectivity index is 0.000000235. The summed E-state index contributed by atoms with van der Waals surface area (Å²) < 4.78 is 0.999. The van der Waals surface area contributed by atoms with Crippen LogP contribution in [0.15, 0.2) is 42.5 Å². The average Bonchev–Trinajstić information content (AvgIpc) is 2.48. The molecule has 0 aliphatic carbocycles. The number of rotatable bonds is 4. The molecule has 116 valence electrons. The molecule has 2 aromatic carbocycles. The third kappa shape index (κ3) is 5.81. The van der Waals surface area contributed by atoms with Gasteiger partial charge in [-0.25, -0.2) is 0 Å². The van der Waals surface area contributed by atoms with Crippen LogP contribution in [0.4, 0.5) is 0 Å². The summed E-state index contributed by atoms with van der Waals surface area (Å²) >= 11 is -1.37. The molecule has 0 aliphatic rings. The van der Waals surface area contributed by atoms with Crippen LogP contribution in [-0.2, 0) is 23.3 Å². The van der Waals surface area contributed by atoms with E-state index in [1.54, 1.807) is 18.2 Å². The van der Waals surface area contributed by atoms with Crippen molar-refractivity contribution in [1.29, 1.82) is 0 Å². The molecule has 1 atom stereocenters. The molecular weight excluding hydrogens is 484 g/mol. The Labute approximate surface area is 149 Å². The van der Waals surface area contributed by atoms with Gasteiger partial charge in [-0.05, 0) is 36.5 Å². The van der Waals surface area contributed by atoms with Crippen molar-refractivity contribution >= 4 is 11.3 Å². The number of phenols is 2. The fourth-order valence-electron chi connectivity index (χ4n) is 2.51. The standard InChI is InChI=1S/C12H18O.C6H5O.ClH.Hg/c1-4-6-9(2)12-10(3)7-5-8-11(12)13;7-6-4-2-1-3-5-6;;/h5,7-9,13H,4,6H2,1-3H3;1-4,7H;1H;/q;;;+1/p-1. The maximum absolute atomic E-state index is 9.69. The topological polar surface area (TPSA) is 40.5 Å². The minimum atomic E-state index is -1.37. The van der Waals surface area contributed by atoms with Crippen molar-refractivity contribution in [3.05, 3.63) is 53.6 Å². The Morgan fingerprint density at radius 3 is 2.18 bits per heavy atom. The summed E-state index contributed by atoms with van der Waals surface area (Å²) in [5.74, 6) is 1.28. The second-order valence-electron chi connectivity index (χ2n) is 5.46. The van der Waals surface area contributed by atoms with Crippen LogP contribution in [0.5, 0.6) is 11.5 Å². The molecule has 0 spiro atoms. The Morgan fingerprint density at radius 1 is 1.05 bits per heavy atom. The second kappa shape index (κ2) is 10.1. The Kier molecular flexibility index (Phi) is 8.88. The summed E-state index contributed by atoms with van der Waals surface area (Å²) in [7, 11) is 5.69. The van der Waals surface area contributed by atoms with Gasteiger partial charge in [-0.1, -0.05) is 32.4 Å². The third-order valence-electron chi connectivity index (χ3n) is 3.65. The number of phenolic OH excluding ortho intramolecular Hbond substituents is 2. The average molecular weight is 507 g/mol. The molecule has 0 heterocycles. The predicted octanol–water partition coefficient (Wildman–Crippen LogP) is 4.86. The van der Waals surface area contributed by atoms with E-state index in [1.165, 1.54) is 5.56 Å². The molecule has 0 amide bonds. The molecule has 0 saturated carbocycles. The molecular formula is C18H23ClHgO2. The number of aryl methyl sites for hydroxylation is 1. The number of aromatic hydroxyl groups is 2. The van der Waals surface area contributed by atoms with E-state index in [1.807, 2.05) is 18.2 Å². The zero-order chi connectivity index (χ0) is 16.5. The molecule has 0 aliphatic heterocycles. The van der Waals surface area contributed by atoms with Gasteiger partial charge in [0.2, 0.25) is 0 Å². The van der Waals surface area contributed by atoms with Gasteiger partial charge in [0.15, 0.2) is 0 Å². The molecule has 2 N–H and O–H groups in total. The Hall–Kier alpha value is -0.735. The predicted molar refractivity (Wildman–Crippen MR) is 89.8 cm³/mol. The van der Waals surface area contributed by atoms with Crippen LogP contribution in [0.25, 0.3) is 0 Å². The van der Waals surface area contributed by atoms with Crippen molar-refractivity contribution < 1.29 is 33.6 Å². The summed E-state index contributed by atoms with van der Waals surface area (Å²) in [5, 5.41) is 18.8. The zero-order valence-corrected chi connectivity index (χ0v) is 19.8. The van der Waals surface area contributed by atoms with E-state index in [0.29, 0.717) is 17.4 Å². The SMILES string of the molecule is CCCC(C)c1c(C)cccc1O.Oc1cccc[c]1[Hg][Cl]. The summed E-state index contributed by atoms with van der Waals surface area (Å²) in [6.45, 7) is 6.40. The molecule has 0 bridgehead atoms. The van der Waals surface area contributed by atoms with Crippen molar-refractivity contribution in [2.45, 2.75) is 39.5 Å². The summed E-state index contributed by atoms with van der Waals surface area (Å²) in [4.78, 5) is 0. The van der Waals surface area contributed by atoms with E-state index in [4.69, 9.17) is 13.4 Å². The van der Waals surface area contributed by atoms with Crippen LogP contribution < -0.4 is 3.07 Å². The summed E-state index contributed by atoms with van der Waals surface area (Å²) in [5.41, 5.74) is 2.31. The molecule has 22 heavy (non-hydrogen) atoms. The number of hydrogen-bond acceptors (Lipinski definition) is 2. The van der Waals surface area contributed by atoms with Crippen LogP contribution in [0, 0.1) is 6.92 Å². The van der Waals surface area contributed by atoms with Gasteiger partial charge in [0.05, 0.1) is 0 Å². The molecule has 0 radical (unpaired) electrons. The van der Waals surface area contributed by atoms with E-state index in [0.717, 1.165) is 21.5 Å². The number of benzene rings is 2. The Morgan fingerprint density at radius 2 is 1.68 bits per heavy atom. The van der Waals surface area contributed by atoms with Crippen LogP contribution in [-0.4, -0.2) is 10.2 Å². The van der Waals surface area contributed by atoms with Gasteiger partial charge in [0.1, 0.15) is 5.75 Å². The first kappa shape index (κ1) is 19.3. The molecule has 2 aromatic rings. The normalized spacial score (nSPS) is 11.1. The molecule has 0 aromatic heterocycles. The number of hydrogen-bond donors (Lipinski definition) is 2. The third-order valence-corrected chi connectivity index (χ3v) is 9.62. The molecule has 1 unspecified atom stereocenters. The first-order valence-corrected chi connectivity index (χ1v) is 17.1. The van der Waals surface area contributed by atoms with E-state index in [-0.39, 0.29) is 0 Å². The van der Waals surface area contributed by atoms with Gasteiger partial charge in [0, 0.05) is 0 Å². The van der Waals surface area contributed by atoms with Crippen LogP contribution >= 0.6 is 8.25 Å². The van der Waals surface area contributed by atoms with Crippen LogP contribution in [0.1, 0.15) is 43.7 Å². The van der Waals surface area contributed by atoms with Crippen molar-refractivity contribution in [2.24, 2.45) is 0 Å². The van der Waals surface area contributed by atoms with E-state index in [9.17, 15) is 5.11 Å². The van der Waals surface area contributed by atoms with Crippen molar-refractivity contribution in [1.82, 2.24) is 0 Å². The fourth-order valence-corrected chi connectivity index (χ4v) is 6.36. The minimum absolute atomic E-state index is 0.370. The summed E-state index contributed by atoms with van der Waals surface area (Å²) in [6.07, 6.45) is 2.30. The second-order valence-corrected chi connectivity index (χ2v) is 11.8. The maximum atomic E-state index is 9.69. The van der Waals surface area contributed by atoms with Gasteiger partial charge in [-0.3, -0.25) is 0 Å². The molecule has 0 saturated heterocycles. The van der Waals surface area contributed by atoms with E-state index in [2.05, 4.69) is 26.8 Å². The fraction of sp³-hybridized carbons (Fsp3) is 0.333. The van der Waals surface area contributed by atoms with Crippen molar-refractivity contribution in [2.75, 3.05) is 0 Å². The van der Waals surface area contributed by atoms with Gasteiger partial charge in [0.25, 0.3) is 0 Å².